The normalized spacial score (nSPS) is 16.0. The summed E-state index contributed by atoms with van der Waals surface area (Å²) in [5.74, 6) is -0.230. The number of carbonyl (C=O) groups is 1. The Kier molecular flexibility index (Phi) is 6.15. The Morgan fingerprint density at radius 3 is 2.62 bits per heavy atom. The van der Waals surface area contributed by atoms with Gasteiger partial charge in [0.15, 0.2) is 5.11 Å². The molecule has 0 aliphatic heterocycles. The molecule has 0 aromatic heterocycles. The molecular formula is C11H21N3OS. The van der Waals surface area contributed by atoms with Crippen LogP contribution in [0.25, 0.3) is 0 Å². The number of rotatable bonds is 6. The molecule has 1 aliphatic rings. The molecule has 1 saturated carbocycles. The zero-order chi connectivity index (χ0) is 11.8. The highest BCUT2D eigenvalue weighted by molar-refractivity contribution is 7.80. The molecule has 0 aromatic carbocycles. The lowest BCUT2D eigenvalue weighted by molar-refractivity contribution is -0.118. The van der Waals surface area contributed by atoms with E-state index in [1.165, 1.54) is 25.7 Å². The second-order valence-corrected chi connectivity index (χ2v) is 4.71. The molecule has 0 atom stereocenters. The van der Waals surface area contributed by atoms with E-state index in [9.17, 15) is 4.79 Å². The summed E-state index contributed by atoms with van der Waals surface area (Å²) in [5.41, 5.74) is 5.05. The minimum atomic E-state index is -0.230. The Bertz CT molecular complexity index is 239. The summed E-state index contributed by atoms with van der Waals surface area (Å²) < 4.78 is 0. The van der Waals surface area contributed by atoms with Gasteiger partial charge < -0.3 is 16.4 Å². The van der Waals surface area contributed by atoms with E-state index < -0.39 is 0 Å². The van der Waals surface area contributed by atoms with Gasteiger partial charge in [0, 0.05) is 19.0 Å². The van der Waals surface area contributed by atoms with E-state index in [1.807, 2.05) is 0 Å². The van der Waals surface area contributed by atoms with Crippen molar-refractivity contribution in [2.24, 2.45) is 5.73 Å². The third-order valence-electron chi connectivity index (χ3n) is 2.83. The van der Waals surface area contributed by atoms with Crippen LogP contribution >= 0.6 is 12.2 Å². The molecule has 1 aliphatic carbocycles. The van der Waals surface area contributed by atoms with Crippen LogP contribution in [0.15, 0.2) is 0 Å². The maximum absolute atomic E-state index is 10.5. The van der Waals surface area contributed by atoms with Crippen molar-refractivity contribution in [1.82, 2.24) is 10.6 Å². The minimum Gasteiger partial charge on any atom is -0.370 e. The smallest absolute Gasteiger partial charge is 0.217 e. The molecule has 0 aromatic rings. The Hall–Kier alpha value is -0.840. The Labute approximate surface area is 102 Å². The van der Waals surface area contributed by atoms with E-state index in [0.29, 0.717) is 12.5 Å². The minimum absolute atomic E-state index is 0.230. The third-order valence-corrected chi connectivity index (χ3v) is 3.09. The van der Waals surface area contributed by atoms with Crippen molar-refractivity contribution in [3.8, 4) is 0 Å². The molecule has 0 bridgehead atoms. The first kappa shape index (κ1) is 13.2. The number of primary amides is 1. The maximum atomic E-state index is 10.5. The van der Waals surface area contributed by atoms with E-state index in [2.05, 4.69) is 10.6 Å². The van der Waals surface area contributed by atoms with Crippen molar-refractivity contribution >= 4 is 23.2 Å². The second kappa shape index (κ2) is 7.44. The van der Waals surface area contributed by atoms with Crippen molar-refractivity contribution in [2.45, 2.75) is 51.0 Å². The Balaban J connectivity index is 1.95. The van der Waals surface area contributed by atoms with Gasteiger partial charge in [-0.2, -0.15) is 0 Å². The number of unbranched alkanes of at least 4 members (excludes halogenated alkanes) is 1. The quantitative estimate of drug-likeness (QED) is 0.482. The van der Waals surface area contributed by atoms with E-state index in [0.717, 1.165) is 24.5 Å². The van der Waals surface area contributed by atoms with Crippen LogP contribution in [0.5, 0.6) is 0 Å². The molecule has 92 valence electrons. The topological polar surface area (TPSA) is 67.2 Å². The van der Waals surface area contributed by atoms with E-state index in [4.69, 9.17) is 18.0 Å². The molecular weight excluding hydrogens is 222 g/mol. The molecule has 4 nitrogen and oxygen atoms in total. The molecule has 1 rings (SSSR count). The number of nitrogens with one attached hydrogen (secondary N) is 2. The second-order valence-electron chi connectivity index (χ2n) is 4.31. The van der Waals surface area contributed by atoms with Crippen molar-refractivity contribution in [3.63, 3.8) is 0 Å². The standard InChI is InChI=1S/C11H21N3OS/c12-10(15)7-3-4-8-13-11(16)14-9-5-1-2-6-9/h9H,1-8H2,(H2,12,15)(H2,13,14,16). The van der Waals surface area contributed by atoms with Crippen LogP contribution in [-0.4, -0.2) is 23.6 Å². The van der Waals surface area contributed by atoms with Crippen LogP contribution in [0.3, 0.4) is 0 Å². The fourth-order valence-electron chi connectivity index (χ4n) is 1.93. The van der Waals surface area contributed by atoms with Crippen LogP contribution in [0.1, 0.15) is 44.9 Å². The van der Waals surface area contributed by atoms with Gasteiger partial charge in [-0.05, 0) is 37.9 Å². The molecule has 5 heteroatoms. The van der Waals surface area contributed by atoms with Gasteiger partial charge in [0.2, 0.25) is 5.91 Å². The lowest BCUT2D eigenvalue weighted by atomic mass is 10.2. The van der Waals surface area contributed by atoms with Gasteiger partial charge in [-0.15, -0.1) is 0 Å². The first-order valence-electron chi connectivity index (χ1n) is 6.01. The summed E-state index contributed by atoms with van der Waals surface area (Å²) in [6.45, 7) is 0.811. The van der Waals surface area contributed by atoms with Crippen LogP contribution in [0.2, 0.25) is 0 Å². The van der Waals surface area contributed by atoms with Gasteiger partial charge in [-0.25, -0.2) is 0 Å². The van der Waals surface area contributed by atoms with E-state index in [-0.39, 0.29) is 5.91 Å². The van der Waals surface area contributed by atoms with E-state index in [1.54, 1.807) is 0 Å². The average Bonchev–Trinajstić information content (AvgIpc) is 2.69. The van der Waals surface area contributed by atoms with Gasteiger partial charge in [-0.1, -0.05) is 12.8 Å². The van der Waals surface area contributed by atoms with Gasteiger partial charge in [0.25, 0.3) is 0 Å². The zero-order valence-electron chi connectivity index (χ0n) is 9.63. The summed E-state index contributed by atoms with van der Waals surface area (Å²) in [7, 11) is 0. The molecule has 1 amide bonds. The van der Waals surface area contributed by atoms with Gasteiger partial charge in [0.1, 0.15) is 0 Å². The highest BCUT2D eigenvalue weighted by Crippen LogP contribution is 2.17. The lowest BCUT2D eigenvalue weighted by Gasteiger charge is -2.15. The molecule has 0 unspecified atom stereocenters. The summed E-state index contributed by atoms with van der Waals surface area (Å²) in [5, 5.41) is 7.20. The predicted molar refractivity (Wildman–Crippen MR) is 69.0 cm³/mol. The first-order valence-corrected chi connectivity index (χ1v) is 6.42. The van der Waals surface area contributed by atoms with Crippen LogP contribution in [-0.2, 0) is 4.79 Å². The fraction of sp³-hybridized carbons (Fsp3) is 0.818. The highest BCUT2D eigenvalue weighted by atomic mass is 32.1. The number of thiocarbonyl (C=S) groups is 1. The molecule has 1 fully saturated rings. The number of nitrogens with two attached hydrogens (primary N) is 1. The van der Waals surface area contributed by atoms with Gasteiger partial charge in [-0.3, -0.25) is 4.79 Å². The monoisotopic (exact) mass is 243 g/mol. The number of hydrogen-bond acceptors (Lipinski definition) is 2. The van der Waals surface area contributed by atoms with Crippen LogP contribution in [0.4, 0.5) is 0 Å². The van der Waals surface area contributed by atoms with Gasteiger partial charge in [0.05, 0.1) is 0 Å². The third kappa shape index (κ3) is 5.90. The molecule has 0 heterocycles. The SMILES string of the molecule is NC(=O)CCCCNC(=S)NC1CCCC1. The van der Waals surface area contributed by atoms with Gasteiger partial charge >= 0.3 is 0 Å². The summed E-state index contributed by atoms with van der Waals surface area (Å²) >= 11 is 5.18. The summed E-state index contributed by atoms with van der Waals surface area (Å²) in [4.78, 5) is 10.5. The Morgan fingerprint density at radius 1 is 1.31 bits per heavy atom. The number of hydrogen-bond donors (Lipinski definition) is 3. The predicted octanol–water partition coefficient (Wildman–Crippen LogP) is 1.05. The van der Waals surface area contributed by atoms with Crippen LogP contribution < -0.4 is 16.4 Å². The first-order chi connectivity index (χ1) is 7.68. The van der Waals surface area contributed by atoms with Crippen molar-refractivity contribution < 1.29 is 4.79 Å². The molecule has 4 N–H and O–H groups in total. The number of carbonyl (C=O) groups excluding carboxylic acids is 1. The Morgan fingerprint density at radius 2 is 2.00 bits per heavy atom. The van der Waals surface area contributed by atoms with Crippen LogP contribution in [0, 0.1) is 0 Å². The molecule has 0 spiro atoms. The van der Waals surface area contributed by atoms with E-state index >= 15 is 0 Å². The summed E-state index contributed by atoms with van der Waals surface area (Å²) in [6, 6.07) is 0.561. The van der Waals surface area contributed by atoms with Crippen molar-refractivity contribution in [2.75, 3.05) is 6.54 Å². The fourth-order valence-corrected chi connectivity index (χ4v) is 2.20. The highest BCUT2D eigenvalue weighted by Gasteiger charge is 2.14. The van der Waals surface area contributed by atoms with Crippen molar-refractivity contribution in [3.05, 3.63) is 0 Å². The maximum Gasteiger partial charge on any atom is 0.217 e. The molecule has 0 saturated heterocycles. The molecule has 0 radical (unpaired) electrons. The van der Waals surface area contributed by atoms with Crippen molar-refractivity contribution in [1.29, 1.82) is 0 Å². The molecule has 16 heavy (non-hydrogen) atoms. The summed E-state index contributed by atoms with van der Waals surface area (Å²) in [6.07, 6.45) is 7.28. The number of amides is 1. The zero-order valence-corrected chi connectivity index (χ0v) is 10.4. The average molecular weight is 243 g/mol. The lowest BCUT2D eigenvalue weighted by Crippen LogP contribution is -2.41. The largest absolute Gasteiger partial charge is 0.370 e.